The van der Waals surface area contributed by atoms with E-state index in [1.165, 1.54) is 83.9 Å². The molecule has 0 bridgehead atoms. The second kappa shape index (κ2) is 13.2. The normalized spacial score (nSPS) is 24.2. The van der Waals surface area contributed by atoms with E-state index in [1.807, 2.05) is 0 Å². The molecule has 1 saturated carbocycles. The average molecular weight is 484 g/mol. The third kappa shape index (κ3) is 7.09. The first kappa shape index (κ1) is 28.2. The minimum Gasteiger partial charge on any atom is -0.312 e. The van der Waals surface area contributed by atoms with Crippen molar-refractivity contribution in [3.05, 3.63) is 83.0 Å². The third-order valence-corrected chi connectivity index (χ3v) is 8.39. The lowest BCUT2D eigenvalue weighted by atomic mass is 9.76. The molecular formula is C35H49N. The molecule has 36 heavy (non-hydrogen) atoms. The SMILES string of the molecule is C=C(C)C/C(=C\c1ccc(C2=CC(C3CCC(C)C3)C(C=N)C=C2)cc1C)C(=C)C(CCC)CCC. The van der Waals surface area contributed by atoms with Crippen LogP contribution in [0.25, 0.3) is 11.6 Å². The number of hydrogen-bond donors (Lipinski definition) is 1. The van der Waals surface area contributed by atoms with Gasteiger partial charge in [-0.3, -0.25) is 0 Å². The Kier molecular flexibility index (Phi) is 10.3. The number of rotatable bonds is 12. The fourth-order valence-corrected chi connectivity index (χ4v) is 6.37. The Hall–Kier alpha value is -2.41. The van der Waals surface area contributed by atoms with Crippen molar-refractivity contribution in [2.45, 2.75) is 86.0 Å². The van der Waals surface area contributed by atoms with Gasteiger partial charge >= 0.3 is 0 Å². The van der Waals surface area contributed by atoms with E-state index in [0.717, 1.165) is 12.3 Å². The summed E-state index contributed by atoms with van der Waals surface area (Å²) in [6, 6.07) is 6.91. The largest absolute Gasteiger partial charge is 0.312 e. The maximum absolute atomic E-state index is 7.98. The maximum atomic E-state index is 7.98. The van der Waals surface area contributed by atoms with Gasteiger partial charge in [-0.25, -0.2) is 0 Å². The summed E-state index contributed by atoms with van der Waals surface area (Å²) in [6.45, 7) is 20.1. The summed E-state index contributed by atoms with van der Waals surface area (Å²) in [5, 5.41) is 7.98. The number of benzene rings is 1. The van der Waals surface area contributed by atoms with E-state index in [9.17, 15) is 0 Å². The van der Waals surface area contributed by atoms with Crippen molar-refractivity contribution in [1.29, 1.82) is 5.41 Å². The Balaban J connectivity index is 1.90. The standard InChI is InChI=1S/C35H49N/c1-8-10-28(11-9-2)27(7)34(18-24(3)4)21-29-14-15-30(20-26(29)6)31-16-17-33(23-36)35(22-31)32-13-12-25(5)19-32/h14-17,20-23,25,28,32-33,35-36H,3,7-13,18-19H2,1-2,4-6H3/b34-21+,36-23?. The van der Waals surface area contributed by atoms with Crippen molar-refractivity contribution in [3.8, 4) is 0 Å². The highest BCUT2D eigenvalue weighted by molar-refractivity contribution is 5.79. The van der Waals surface area contributed by atoms with E-state index in [-0.39, 0.29) is 5.92 Å². The second-order valence-corrected chi connectivity index (χ2v) is 11.7. The van der Waals surface area contributed by atoms with Crippen molar-refractivity contribution in [3.63, 3.8) is 0 Å². The Morgan fingerprint density at radius 2 is 1.86 bits per heavy atom. The smallest absolute Gasteiger partial charge is 0.0184 e. The van der Waals surface area contributed by atoms with Crippen LogP contribution in [0.4, 0.5) is 0 Å². The lowest BCUT2D eigenvalue weighted by Crippen LogP contribution is -2.22. The molecule has 0 aliphatic heterocycles. The molecule has 0 radical (unpaired) electrons. The van der Waals surface area contributed by atoms with Gasteiger partial charge in [-0.05, 0) is 103 Å². The van der Waals surface area contributed by atoms with E-state index < -0.39 is 0 Å². The van der Waals surface area contributed by atoms with Crippen molar-refractivity contribution in [2.24, 2.45) is 29.6 Å². The molecule has 1 fully saturated rings. The van der Waals surface area contributed by atoms with Gasteiger partial charge in [0.1, 0.15) is 0 Å². The van der Waals surface area contributed by atoms with Gasteiger partial charge in [0.15, 0.2) is 0 Å². The summed E-state index contributed by atoms with van der Waals surface area (Å²) < 4.78 is 0. The highest BCUT2D eigenvalue weighted by Crippen LogP contribution is 2.42. The van der Waals surface area contributed by atoms with Gasteiger partial charge in [-0.15, -0.1) is 0 Å². The quantitative estimate of drug-likeness (QED) is 0.174. The van der Waals surface area contributed by atoms with Gasteiger partial charge in [0.25, 0.3) is 0 Å². The number of aryl methyl sites for hydroxylation is 1. The average Bonchev–Trinajstić information content (AvgIpc) is 3.29. The molecule has 2 aliphatic rings. The van der Waals surface area contributed by atoms with Gasteiger partial charge in [-0.2, -0.15) is 0 Å². The monoisotopic (exact) mass is 483 g/mol. The lowest BCUT2D eigenvalue weighted by molar-refractivity contribution is 0.364. The molecule has 4 atom stereocenters. The second-order valence-electron chi connectivity index (χ2n) is 11.7. The van der Waals surface area contributed by atoms with Gasteiger partial charge in [0.2, 0.25) is 0 Å². The zero-order valence-electron chi connectivity index (χ0n) is 23.6. The molecule has 1 aromatic rings. The summed E-state index contributed by atoms with van der Waals surface area (Å²) in [5.74, 6) is 2.76. The van der Waals surface area contributed by atoms with E-state index in [2.05, 4.69) is 90.3 Å². The molecule has 1 aromatic carbocycles. The van der Waals surface area contributed by atoms with Crippen LogP contribution in [0.3, 0.4) is 0 Å². The van der Waals surface area contributed by atoms with Crippen LogP contribution in [0, 0.1) is 41.9 Å². The molecule has 1 N–H and O–H groups in total. The summed E-state index contributed by atoms with van der Waals surface area (Å²) in [5.41, 5.74) is 9.01. The number of allylic oxidation sites excluding steroid dienone is 7. The molecule has 0 amide bonds. The minimum absolute atomic E-state index is 0.238. The molecule has 0 aromatic heterocycles. The summed E-state index contributed by atoms with van der Waals surface area (Å²) >= 11 is 0. The van der Waals surface area contributed by atoms with Crippen LogP contribution >= 0.6 is 0 Å². The zero-order chi connectivity index (χ0) is 26.2. The number of nitrogens with one attached hydrogen (secondary N) is 1. The molecule has 1 nitrogen and oxygen atoms in total. The highest BCUT2D eigenvalue weighted by atomic mass is 14.4. The fourth-order valence-electron chi connectivity index (χ4n) is 6.37. The van der Waals surface area contributed by atoms with Gasteiger partial charge in [0.05, 0.1) is 0 Å². The highest BCUT2D eigenvalue weighted by Gasteiger charge is 2.32. The molecule has 194 valence electrons. The van der Waals surface area contributed by atoms with E-state index in [0.29, 0.717) is 17.8 Å². The molecule has 4 unspecified atom stereocenters. The summed E-state index contributed by atoms with van der Waals surface area (Å²) in [7, 11) is 0. The van der Waals surface area contributed by atoms with Crippen molar-refractivity contribution in [2.75, 3.05) is 0 Å². The van der Waals surface area contributed by atoms with Gasteiger partial charge in [0, 0.05) is 12.1 Å². The summed E-state index contributed by atoms with van der Waals surface area (Å²) in [4.78, 5) is 0. The predicted molar refractivity (Wildman–Crippen MR) is 160 cm³/mol. The fraction of sp³-hybridized carbons (Fsp3) is 0.514. The van der Waals surface area contributed by atoms with Crippen LogP contribution in [-0.2, 0) is 0 Å². The van der Waals surface area contributed by atoms with Gasteiger partial charge in [-0.1, -0.05) is 101 Å². The third-order valence-electron chi connectivity index (χ3n) is 8.39. The van der Waals surface area contributed by atoms with Gasteiger partial charge < -0.3 is 5.41 Å². The van der Waals surface area contributed by atoms with Crippen LogP contribution in [0.5, 0.6) is 0 Å². The topological polar surface area (TPSA) is 23.9 Å². The van der Waals surface area contributed by atoms with E-state index in [4.69, 9.17) is 5.41 Å². The predicted octanol–water partition coefficient (Wildman–Crippen LogP) is 10.4. The van der Waals surface area contributed by atoms with Crippen molar-refractivity contribution >= 4 is 17.9 Å². The van der Waals surface area contributed by atoms with E-state index >= 15 is 0 Å². The Labute approximate surface area is 221 Å². The molecule has 0 heterocycles. The lowest BCUT2D eigenvalue weighted by Gasteiger charge is -2.29. The summed E-state index contributed by atoms with van der Waals surface area (Å²) in [6.07, 6.45) is 20.6. The maximum Gasteiger partial charge on any atom is 0.0184 e. The molecule has 0 saturated heterocycles. The van der Waals surface area contributed by atoms with Crippen LogP contribution < -0.4 is 0 Å². The van der Waals surface area contributed by atoms with Crippen LogP contribution in [-0.4, -0.2) is 6.21 Å². The van der Waals surface area contributed by atoms with Crippen molar-refractivity contribution in [1.82, 2.24) is 0 Å². The molecule has 1 heteroatoms. The van der Waals surface area contributed by atoms with Crippen LogP contribution in [0.2, 0.25) is 0 Å². The first-order valence-electron chi connectivity index (χ1n) is 14.3. The van der Waals surface area contributed by atoms with Crippen LogP contribution in [0.1, 0.15) is 95.8 Å². The van der Waals surface area contributed by atoms with Crippen molar-refractivity contribution < 1.29 is 0 Å². The Morgan fingerprint density at radius 3 is 2.42 bits per heavy atom. The molecular weight excluding hydrogens is 434 g/mol. The van der Waals surface area contributed by atoms with Crippen LogP contribution in [0.15, 0.2) is 66.3 Å². The minimum atomic E-state index is 0.238. The number of hydrogen-bond acceptors (Lipinski definition) is 1. The molecule has 2 aliphatic carbocycles. The first-order chi connectivity index (χ1) is 17.3. The first-order valence-corrected chi connectivity index (χ1v) is 14.3. The molecule has 0 spiro atoms. The zero-order valence-corrected chi connectivity index (χ0v) is 23.6. The Bertz CT molecular complexity index is 1030. The Morgan fingerprint density at radius 1 is 1.14 bits per heavy atom. The van der Waals surface area contributed by atoms with E-state index in [1.54, 1.807) is 6.21 Å². The molecule has 3 rings (SSSR count).